The zero-order valence-electron chi connectivity index (χ0n) is 12.1. The smallest absolute Gasteiger partial charge is 0.399 e. The molecule has 0 heterocycles. The first-order chi connectivity index (χ1) is 9.49. The van der Waals surface area contributed by atoms with Crippen LogP contribution in [0.1, 0.15) is 26.3 Å². The summed E-state index contributed by atoms with van der Waals surface area (Å²) in [5.74, 6) is 0. The number of nitrogens with zero attached hydrogens (tertiary/aromatic N) is 1. The van der Waals surface area contributed by atoms with Gasteiger partial charge >= 0.3 is 6.18 Å². The van der Waals surface area contributed by atoms with Gasteiger partial charge in [-0.2, -0.15) is 17.5 Å². The maximum Gasteiger partial charge on any atom is 0.402 e. The van der Waals surface area contributed by atoms with E-state index >= 15 is 0 Å². The highest BCUT2D eigenvalue weighted by Crippen LogP contribution is 2.28. The van der Waals surface area contributed by atoms with Crippen LogP contribution in [0.4, 0.5) is 18.9 Å². The van der Waals surface area contributed by atoms with Gasteiger partial charge in [-0.15, -0.1) is 0 Å². The monoisotopic (exact) mass is 324 g/mol. The number of benzene rings is 1. The average molecular weight is 324 g/mol. The summed E-state index contributed by atoms with van der Waals surface area (Å²) in [7, 11) is -4.27. The Morgan fingerprint density at radius 3 is 2.29 bits per heavy atom. The van der Waals surface area contributed by atoms with Crippen LogP contribution in [0.5, 0.6) is 0 Å². The van der Waals surface area contributed by atoms with E-state index in [4.69, 9.17) is 5.73 Å². The van der Waals surface area contributed by atoms with Gasteiger partial charge in [0.2, 0.25) is 10.0 Å². The lowest BCUT2D eigenvalue weighted by atomic mass is 10.1. The highest BCUT2D eigenvalue weighted by Gasteiger charge is 2.39. The topological polar surface area (TPSA) is 63.4 Å². The summed E-state index contributed by atoms with van der Waals surface area (Å²) < 4.78 is 63.5. The van der Waals surface area contributed by atoms with Crippen LogP contribution in [-0.2, 0) is 16.4 Å². The summed E-state index contributed by atoms with van der Waals surface area (Å²) in [6.07, 6.45) is -4.23. The Bertz CT molecular complexity index is 598. The quantitative estimate of drug-likeness (QED) is 0.847. The molecule has 2 N–H and O–H groups in total. The molecular formula is C13H19F3N2O2S. The van der Waals surface area contributed by atoms with Gasteiger partial charge in [-0.05, 0) is 38.0 Å². The zero-order chi connectivity index (χ0) is 16.4. The Labute approximate surface area is 122 Å². The van der Waals surface area contributed by atoms with E-state index in [1.165, 1.54) is 32.0 Å². The molecule has 0 fully saturated rings. The molecule has 0 aliphatic rings. The number of alkyl halides is 3. The fraction of sp³-hybridized carbons (Fsp3) is 0.538. The van der Waals surface area contributed by atoms with Crippen LogP contribution in [0, 0.1) is 0 Å². The van der Waals surface area contributed by atoms with Crippen LogP contribution in [0.15, 0.2) is 23.1 Å². The minimum atomic E-state index is -4.61. The van der Waals surface area contributed by atoms with Gasteiger partial charge in [0.1, 0.15) is 6.54 Å². The molecule has 120 valence electrons. The third-order valence-corrected chi connectivity index (χ3v) is 5.07. The fourth-order valence-electron chi connectivity index (χ4n) is 1.95. The molecule has 1 aromatic rings. The summed E-state index contributed by atoms with van der Waals surface area (Å²) in [6, 6.07) is 3.44. The first kappa shape index (κ1) is 17.8. The molecular weight excluding hydrogens is 305 g/mol. The van der Waals surface area contributed by atoms with Crippen LogP contribution in [0.25, 0.3) is 0 Å². The Morgan fingerprint density at radius 1 is 1.29 bits per heavy atom. The Morgan fingerprint density at radius 2 is 1.86 bits per heavy atom. The predicted octanol–water partition coefficient (Wildman–Crippen LogP) is 2.79. The SMILES string of the molecule is CCc1ccc(N)cc1S(=O)(=O)N(CC(F)(F)F)C(C)C. The first-order valence-electron chi connectivity index (χ1n) is 6.46. The van der Waals surface area contributed by atoms with Gasteiger partial charge in [0, 0.05) is 11.7 Å². The van der Waals surface area contributed by atoms with Crippen molar-refractivity contribution in [2.45, 2.75) is 44.3 Å². The summed E-state index contributed by atoms with van der Waals surface area (Å²) in [5, 5.41) is 0. The number of hydrogen-bond donors (Lipinski definition) is 1. The van der Waals surface area contributed by atoms with Crippen LogP contribution in [0.3, 0.4) is 0 Å². The van der Waals surface area contributed by atoms with E-state index in [-0.39, 0.29) is 10.6 Å². The molecule has 1 rings (SSSR count). The van der Waals surface area contributed by atoms with E-state index in [0.717, 1.165) is 0 Å². The molecule has 0 bridgehead atoms. The maximum atomic E-state index is 12.6. The summed E-state index contributed by atoms with van der Waals surface area (Å²) >= 11 is 0. The number of nitrogen functional groups attached to an aromatic ring is 1. The molecule has 0 atom stereocenters. The number of aryl methyl sites for hydroxylation is 1. The lowest BCUT2D eigenvalue weighted by molar-refractivity contribution is -0.138. The zero-order valence-corrected chi connectivity index (χ0v) is 12.9. The molecule has 8 heteroatoms. The number of halogens is 3. The molecule has 0 unspecified atom stereocenters. The molecule has 0 aliphatic heterocycles. The molecule has 1 aromatic carbocycles. The van der Waals surface area contributed by atoms with Crippen molar-refractivity contribution < 1.29 is 21.6 Å². The Hall–Kier alpha value is -1.28. The third-order valence-electron chi connectivity index (χ3n) is 2.97. The van der Waals surface area contributed by atoms with Crippen molar-refractivity contribution in [3.05, 3.63) is 23.8 Å². The number of rotatable bonds is 5. The number of sulfonamides is 1. The van der Waals surface area contributed by atoms with E-state index in [1.807, 2.05) is 0 Å². The van der Waals surface area contributed by atoms with Gasteiger partial charge in [0.25, 0.3) is 0 Å². The number of anilines is 1. The molecule has 0 saturated carbocycles. The predicted molar refractivity (Wildman–Crippen MR) is 75.3 cm³/mol. The second kappa shape index (κ2) is 6.23. The molecule has 0 radical (unpaired) electrons. The van der Waals surface area contributed by atoms with Gasteiger partial charge < -0.3 is 5.73 Å². The van der Waals surface area contributed by atoms with Gasteiger partial charge in [-0.25, -0.2) is 8.42 Å². The van der Waals surface area contributed by atoms with E-state index < -0.39 is 28.8 Å². The molecule has 0 aromatic heterocycles. The highest BCUT2D eigenvalue weighted by atomic mass is 32.2. The minimum absolute atomic E-state index is 0.164. The van der Waals surface area contributed by atoms with Crippen LogP contribution in [0.2, 0.25) is 0 Å². The van der Waals surface area contributed by atoms with Gasteiger partial charge in [0.15, 0.2) is 0 Å². The van der Waals surface area contributed by atoms with Crippen molar-refractivity contribution in [3.63, 3.8) is 0 Å². The van der Waals surface area contributed by atoms with Crippen molar-refractivity contribution in [1.82, 2.24) is 4.31 Å². The molecule has 0 saturated heterocycles. The summed E-state index contributed by atoms with van der Waals surface area (Å²) in [4.78, 5) is -0.164. The largest absolute Gasteiger partial charge is 0.402 e. The van der Waals surface area contributed by atoms with Gasteiger partial charge in [-0.1, -0.05) is 13.0 Å². The van der Waals surface area contributed by atoms with Crippen LogP contribution >= 0.6 is 0 Å². The molecule has 0 spiro atoms. The van der Waals surface area contributed by atoms with Crippen molar-refractivity contribution in [3.8, 4) is 0 Å². The fourth-order valence-corrected chi connectivity index (χ4v) is 3.90. The van der Waals surface area contributed by atoms with Crippen molar-refractivity contribution in [2.24, 2.45) is 0 Å². The molecule has 0 amide bonds. The van der Waals surface area contributed by atoms with Crippen molar-refractivity contribution in [2.75, 3.05) is 12.3 Å². The normalized spacial score (nSPS) is 13.1. The van der Waals surface area contributed by atoms with E-state index in [1.54, 1.807) is 6.92 Å². The van der Waals surface area contributed by atoms with E-state index in [9.17, 15) is 21.6 Å². The van der Waals surface area contributed by atoms with Gasteiger partial charge in [0.05, 0.1) is 4.90 Å². The second-order valence-electron chi connectivity index (χ2n) is 4.98. The molecule has 4 nitrogen and oxygen atoms in total. The van der Waals surface area contributed by atoms with Gasteiger partial charge in [-0.3, -0.25) is 0 Å². The molecule has 0 aliphatic carbocycles. The maximum absolute atomic E-state index is 12.6. The van der Waals surface area contributed by atoms with Crippen LogP contribution < -0.4 is 5.73 Å². The van der Waals surface area contributed by atoms with Crippen molar-refractivity contribution in [1.29, 1.82) is 0 Å². The first-order valence-corrected chi connectivity index (χ1v) is 7.90. The Kier molecular flexibility index (Phi) is 5.27. The minimum Gasteiger partial charge on any atom is -0.399 e. The third kappa shape index (κ3) is 4.34. The van der Waals surface area contributed by atoms with Crippen LogP contribution in [-0.4, -0.2) is 31.5 Å². The second-order valence-corrected chi connectivity index (χ2v) is 6.84. The average Bonchev–Trinajstić information content (AvgIpc) is 2.34. The number of hydrogen-bond acceptors (Lipinski definition) is 3. The summed E-state index contributed by atoms with van der Waals surface area (Å²) in [5.41, 5.74) is 6.21. The van der Waals surface area contributed by atoms with E-state index in [2.05, 4.69) is 0 Å². The standard InChI is InChI=1S/C13H19F3N2O2S/c1-4-10-5-6-11(17)7-12(10)21(19,20)18(9(2)3)8-13(14,15)16/h5-7,9H,4,8,17H2,1-3H3. The molecule has 21 heavy (non-hydrogen) atoms. The lowest BCUT2D eigenvalue weighted by Crippen LogP contribution is -2.43. The lowest BCUT2D eigenvalue weighted by Gasteiger charge is -2.27. The Balaban J connectivity index is 3.39. The van der Waals surface area contributed by atoms with Crippen molar-refractivity contribution >= 4 is 15.7 Å². The summed E-state index contributed by atoms with van der Waals surface area (Å²) in [6.45, 7) is 3.02. The highest BCUT2D eigenvalue weighted by molar-refractivity contribution is 7.89. The van der Waals surface area contributed by atoms with E-state index in [0.29, 0.717) is 16.3 Å². The number of nitrogens with two attached hydrogens (primary N) is 1.